The molecule has 0 bridgehead atoms. The topological polar surface area (TPSA) is 68.3 Å². The first-order chi connectivity index (χ1) is 17.3. The molecular weight excluding hydrogens is 468 g/mol. The molecule has 0 radical (unpaired) electrons. The molecule has 3 aromatic rings. The Kier molecular flexibility index (Phi) is 8.04. The van der Waals surface area contributed by atoms with Crippen molar-refractivity contribution in [2.45, 2.75) is 59.5 Å². The van der Waals surface area contributed by atoms with Gasteiger partial charge in [-0.05, 0) is 96.5 Å². The van der Waals surface area contributed by atoms with Crippen molar-refractivity contribution in [2.75, 3.05) is 23.9 Å². The Bertz CT molecular complexity index is 1330. The molecule has 2 unspecified atom stereocenters. The zero-order chi connectivity index (χ0) is 25.9. The number of sulfone groups is 1. The third kappa shape index (κ3) is 6.09. The maximum atomic E-state index is 11.3. The number of nitrogens with zero attached hydrogens (tertiary/aromatic N) is 1. The summed E-state index contributed by atoms with van der Waals surface area (Å²) in [4.78, 5) is 4.57. The lowest BCUT2D eigenvalue weighted by Crippen LogP contribution is -2.10. The predicted octanol–water partition coefficient (Wildman–Crippen LogP) is 6.48. The number of rotatable bonds is 9. The third-order valence-electron chi connectivity index (χ3n) is 7.16. The van der Waals surface area contributed by atoms with Crippen molar-refractivity contribution in [1.82, 2.24) is 4.98 Å². The normalized spacial score (nSPS) is 17.5. The summed E-state index contributed by atoms with van der Waals surface area (Å²) in [6.45, 7) is 9.34. The molecule has 2 atom stereocenters. The van der Waals surface area contributed by atoms with Crippen LogP contribution in [-0.4, -0.2) is 32.0 Å². The van der Waals surface area contributed by atoms with Crippen LogP contribution < -0.4 is 10.1 Å². The molecule has 0 amide bonds. The minimum absolute atomic E-state index is 0.178. The summed E-state index contributed by atoms with van der Waals surface area (Å²) in [5.74, 6) is 3.59. The number of benzene rings is 2. The molecule has 0 aliphatic heterocycles. The Balaban J connectivity index is 0.00000148. The molecule has 6 heteroatoms. The molecular formula is C30H38N2O3S. The molecule has 1 saturated carbocycles. The van der Waals surface area contributed by atoms with Crippen LogP contribution in [-0.2, 0) is 22.9 Å². The zero-order valence-electron chi connectivity index (χ0n) is 22.1. The van der Waals surface area contributed by atoms with Crippen LogP contribution in [0.2, 0.25) is 0 Å². The highest BCUT2D eigenvalue weighted by Crippen LogP contribution is 2.56. The van der Waals surface area contributed by atoms with Gasteiger partial charge in [0.05, 0.1) is 5.75 Å². The Hall–Kier alpha value is -2.86. The fourth-order valence-corrected chi connectivity index (χ4v) is 5.79. The molecule has 5 nitrogen and oxygen atoms in total. The summed E-state index contributed by atoms with van der Waals surface area (Å²) in [5, 5.41) is 3.23. The lowest BCUT2D eigenvalue weighted by Gasteiger charge is -2.15. The molecule has 2 aliphatic carbocycles. The molecule has 2 aromatic carbocycles. The number of pyridine rings is 1. The number of fused-ring (bicyclic) bond motifs is 3. The summed E-state index contributed by atoms with van der Waals surface area (Å²) in [7, 11) is -2.93. The van der Waals surface area contributed by atoms with Gasteiger partial charge in [0.15, 0.2) is 0 Å². The Morgan fingerprint density at radius 1 is 1.08 bits per heavy atom. The number of ether oxygens (including phenoxy) is 1. The van der Waals surface area contributed by atoms with Gasteiger partial charge in [-0.3, -0.25) is 0 Å². The van der Waals surface area contributed by atoms with Gasteiger partial charge in [0.1, 0.15) is 28.0 Å². The summed E-state index contributed by atoms with van der Waals surface area (Å²) in [6.07, 6.45) is 6.30. The average Bonchev–Trinajstić information content (AvgIpc) is 3.53. The highest BCUT2D eigenvalue weighted by molar-refractivity contribution is 7.90. The van der Waals surface area contributed by atoms with Crippen molar-refractivity contribution in [3.05, 3.63) is 76.5 Å². The smallest absolute Gasteiger partial charge is 0.147 e. The van der Waals surface area contributed by atoms with Gasteiger partial charge in [0.2, 0.25) is 0 Å². The van der Waals surface area contributed by atoms with Crippen LogP contribution in [0.3, 0.4) is 0 Å². The summed E-state index contributed by atoms with van der Waals surface area (Å²) in [5.41, 5.74) is 8.75. The van der Waals surface area contributed by atoms with Crippen molar-refractivity contribution in [1.29, 1.82) is 0 Å². The third-order valence-corrected chi connectivity index (χ3v) is 8.19. The first kappa shape index (κ1) is 26.2. The molecule has 5 rings (SSSR count). The van der Waals surface area contributed by atoms with Crippen molar-refractivity contribution in [3.8, 4) is 16.9 Å². The molecule has 0 saturated heterocycles. The van der Waals surface area contributed by atoms with Gasteiger partial charge < -0.3 is 10.1 Å². The van der Waals surface area contributed by atoms with E-state index in [9.17, 15) is 8.42 Å². The second-order valence-corrected chi connectivity index (χ2v) is 12.1. The van der Waals surface area contributed by atoms with Gasteiger partial charge in [0, 0.05) is 24.6 Å². The minimum Gasteiger partial charge on any atom is -0.489 e. The summed E-state index contributed by atoms with van der Waals surface area (Å²) < 4.78 is 28.8. The molecule has 0 spiro atoms. The maximum absolute atomic E-state index is 11.3. The van der Waals surface area contributed by atoms with Gasteiger partial charge in [-0.2, -0.15) is 0 Å². The SMILES string of the molecule is CC.Cc1cc(NCCCS(C)(=O)=O)ncc1-c1cccc(COc2ccc3c(c2)CC2CC32)c1C. The van der Waals surface area contributed by atoms with Crippen molar-refractivity contribution in [3.63, 3.8) is 0 Å². The van der Waals surface area contributed by atoms with Crippen molar-refractivity contribution >= 4 is 15.7 Å². The molecule has 1 aromatic heterocycles. The largest absolute Gasteiger partial charge is 0.489 e. The second-order valence-electron chi connectivity index (χ2n) is 9.84. The number of hydrogen-bond donors (Lipinski definition) is 1. The summed E-state index contributed by atoms with van der Waals surface area (Å²) in [6, 6.07) is 15.0. The Labute approximate surface area is 216 Å². The second kappa shape index (κ2) is 11.0. The van der Waals surface area contributed by atoms with Crippen LogP contribution in [0, 0.1) is 19.8 Å². The van der Waals surface area contributed by atoms with Crippen LogP contribution in [0.25, 0.3) is 11.1 Å². The van der Waals surface area contributed by atoms with E-state index in [0.29, 0.717) is 19.6 Å². The monoisotopic (exact) mass is 506 g/mol. The number of aromatic nitrogens is 1. The van der Waals surface area contributed by atoms with E-state index >= 15 is 0 Å². The predicted molar refractivity (Wildman–Crippen MR) is 149 cm³/mol. The number of hydrogen-bond acceptors (Lipinski definition) is 5. The highest BCUT2D eigenvalue weighted by atomic mass is 32.2. The Morgan fingerprint density at radius 3 is 2.64 bits per heavy atom. The van der Waals surface area contributed by atoms with Gasteiger partial charge in [0.25, 0.3) is 0 Å². The van der Waals surface area contributed by atoms with E-state index in [-0.39, 0.29) is 5.75 Å². The van der Waals surface area contributed by atoms with Crippen LogP contribution >= 0.6 is 0 Å². The average molecular weight is 507 g/mol. The lowest BCUT2D eigenvalue weighted by molar-refractivity contribution is 0.305. The van der Waals surface area contributed by atoms with Crippen LogP contribution in [0.15, 0.2) is 48.7 Å². The molecule has 1 fully saturated rings. The van der Waals surface area contributed by atoms with Gasteiger partial charge in [-0.15, -0.1) is 0 Å². The van der Waals surface area contributed by atoms with E-state index in [1.807, 2.05) is 26.1 Å². The Morgan fingerprint density at radius 2 is 1.89 bits per heavy atom. The van der Waals surface area contributed by atoms with Crippen LogP contribution in [0.4, 0.5) is 5.82 Å². The fourth-order valence-electron chi connectivity index (χ4n) is 5.13. The first-order valence-electron chi connectivity index (χ1n) is 13.0. The van der Waals surface area contributed by atoms with Crippen LogP contribution in [0.1, 0.15) is 60.4 Å². The molecule has 1 N–H and O–H groups in total. The van der Waals surface area contributed by atoms with E-state index in [4.69, 9.17) is 4.74 Å². The number of aryl methyl sites for hydroxylation is 1. The zero-order valence-corrected chi connectivity index (χ0v) is 22.9. The standard InChI is InChI=1S/C28H32N2O3S.C2H6/c1-18-12-28(29-10-5-11-34(3,31)32)30-16-27(18)24-7-4-6-20(19(24)2)17-33-23-8-9-25-21(14-23)13-22-15-26(22)25;1-2/h4,6-9,12,14,16,22,26H,5,10-11,13,15,17H2,1-3H3,(H,29,30);1-2H3. The van der Waals surface area contributed by atoms with Crippen molar-refractivity contribution < 1.29 is 13.2 Å². The number of nitrogens with one attached hydrogen (secondary N) is 1. The maximum Gasteiger partial charge on any atom is 0.147 e. The van der Waals surface area contributed by atoms with Crippen LogP contribution in [0.5, 0.6) is 5.75 Å². The van der Waals surface area contributed by atoms with Gasteiger partial charge >= 0.3 is 0 Å². The molecule has 192 valence electrons. The van der Waals surface area contributed by atoms with E-state index < -0.39 is 9.84 Å². The quantitative estimate of drug-likeness (QED) is 0.337. The summed E-state index contributed by atoms with van der Waals surface area (Å²) >= 11 is 0. The van der Waals surface area contributed by atoms with Gasteiger partial charge in [-0.25, -0.2) is 13.4 Å². The molecule has 36 heavy (non-hydrogen) atoms. The van der Waals surface area contributed by atoms with E-state index in [2.05, 4.69) is 60.5 Å². The van der Waals surface area contributed by atoms with Crippen molar-refractivity contribution in [2.24, 2.45) is 5.92 Å². The van der Waals surface area contributed by atoms with E-state index in [1.54, 1.807) is 0 Å². The van der Waals surface area contributed by atoms with E-state index in [0.717, 1.165) is 40.1 Å². The fraction of sp³-hybridized carbons (Fsp3) is 0.433. The van der Waals surface area contributed by atoms with Gasteiger partial charge in [-0.1, -0.05) is 38.1 Å². The molecule has 2 aliphatic rings. The lowest BCUT2D eigenvalue weighted by atomic mass is 9.95. The number of anilines is 1. The highest BCUT2D eigenvalue weighted by Gasteiger charge is 2.44. The first-order valence-corrected chi connectivity index (χ1v) is 15.1. The van der Waals surface area contributed by atoms with E-state index in [1.165, 1.54) is 41.4 Å². The minimum atomic E-state index is -2.93. The molecule has 1 heterocycles.